The summed E-state index contributed by atoms with van der Waals surface area (Å²) in [6, 6.07) is 3.38. The summed E-state index contributed by atoms with van der Waals surface area (Å²) in [5, 5.41) is 0.444. The van der Waals surface area contributed by atoms with Gasteiger partial charge in [-0.1, -0.05) is 6.92 Å². The number of nitrogens with zero attached hydrogens (tertiary/aromatic N) is 4. The molecule has 3 rings (SSSR count). The molecule has 2 aromatic rings. The van der Waals surface area contributed by atoms with Crippen molar-refractivity contribution >= 4 is 16.9 Å². The maximum absolute atomic E-state index is 12.3. The first-order chi connectivity index (χ1) is 10.1. The highest BCUT2D eigenvalue weighted by molar-refractivity contribution is 5.77. The van der Waals surface area contributed by atoms with E-state index in [0.29, 0.717) is 17.0 Å². The Morgan fingerprint density at radius 3 is 3.10 bits per heavy atom. The Labute approximate surface area is 122 Å². The number of pyridine rings is 1. The maximum Gasteiger partial charge on any atom is 0.263 e. The zero-order chi connectivity index (χ0) is 14.8. The molecule has 0 aromatic carbocycles. The van der Waals surface area contributed by atoms with E-state index in [2.05, 4.69) is 16.9 Å². The van der Waals surface area contributed by atoms with Gasteiger partial charge < -0.3 is 4.90 Å². The molecule has 1 amide bonds. The van der Waals surface area contributed by atoms with E-state index in [9.17, 15) is 9.59 Å². The minimum absolute atomic E-state index is 0.0197. The second-order valence-corrected chi connectivity index (χ2v) is 5.64. The second-order valence-electron chi connectivity index (χ2n) is 5.64. The van der Waals surface area contributed by atoms with Crippen molar-refractivity contribution in [2.75, 3.05) is 13.1 Å². The van der Waals surface area contributed by atoms with Crippen LogP contribution in [0.25, 0.3) is 11.0 Å². The van der Waals surface area contributed by atoms with E-state index in [1.54, 1.807) is 18.3 Å². The quantitative estimate of drug-likeness (QED) is 0.827. The van der Waals surface area contributed by atoms with Crippen LogP contribution >= 0.6 is 0 Å². The van der Waals surface area contributed by atoms with Crippen molar-refractivity contribution in [2.45, 2.75) is 26.3 Å². The molecule has 1 unspecified atom stereocenters. The van der Waals surface area contributed by atoms with Gasteiger partial charge in [-0.2, -0.15) is 0 Å². The molecular weight excluding hydrogens is 268 g/mol. The summed E-state index contributed by atoms with van der Waals surface area (Å²) in [6.07, 6.45) is 5.19. The normalized spacial score (nSPS) is 18.9. The van der Waals surface area contributed by atoms with Crippen molar-refractivity contribution in [3.05, 3.63) is 35.0 Å². The van der Waals surface area contributed by atoms with Crippen molar-refractivity contribution in [3.8, 4) is 0 Å². The first kappa shape index (κ1) is 13.7. The highest BCUT2D eigenvalue weighted by Crippen LogP contribution is 2.15. The Kier molecular flexibility index (Phi) is 3.68. The fourth-order valence-corrected chi connectivity index (χ4v) is 2.77. The van der Waals surface area contributed by atoms with Crippen LogP contribution < -0.4 is 5.56 Å². The standard InChI is InChI=1S/C15H18N4O2/c1-11-4-3-7-18(8-11)13(20)9-19-10-17-14-12(15(19)21)5-2-6-16-14/h2,5-6,10-11H,3-4,7-9H2,1H3. The van der Waals surface area contributed by atoms with Crippen LogP contribution in [0.4, 0.5) is 0 Å². The van der Waals surface area contributed by atoms with E-state index >= 15 is 0 Å². The Balaban J connectivity index is 1.83. The van der Waals surface area contributed by atoms with Gasteiger partial charge in [-0.25, -0.2) is 9.97 Å². The average Bonchev–Trinajstić information content (AvgIpc) is 2.50. The van der Waals surface area contributed by atoms with Crippen molar-refractivity contribution in [3.63, 3.8) is 0 Å². The molecule has 1 saturated heterocycles. The van der Waals surface area contributed by atoms with Crippen LogP contribution in [0.1, 0.15) is 19.8 Å². The fraction of sp³-hybridized carbons (Fsp3) is 0.467. The molecule has 1 atom stereocenters. The second kappa shape index (κ2) is 5.63. The van der Waals surface area contributed by atoms with Gasteiger partial charge in [0.15, 0.2) is 5.65 Å². The first-order valence-corrected chi connectivity index (χ1v) is 7.23. The van der Waals surface area contributed by atoms with Gasteiger partial charge in [0.25, 0.3) is 5.56 Å². The van der Waals surface area contributed by atoms with Crippen LogP contribution in [0.5, 0.6) is 0 Å². The van der Waals surface area contributed by atoms with E-state index in [-0.39, 0.29) is 18.0 Å². The smallest absolute Gasteiger partial charge is 0.263 e. The lowest BCUT2D eigenvalue weighted by molar-refractivity contribution is -0.133. The summed E-state index contributed by atoms with van der Waals surface area (Å²) in [4.78, 5) is 34.7. The summed E-state index contributed by atoms with van der Waals surface area (Å²) >= 11 is 0. The number of piperidine rings is 1. The lowest BCUT2D eigenvalue weighted by atomic mass is 10.0. The molecular formula is C15H18N4O2. The summed E-state index contributed by atoms with van der Waals surface area (Å²) in [5.74, 6) is 0.507. The number of hydrogen-bond donors (Lipinski definition) is 0. The third-order valence-corrected chi connectivity index (χ3v) is 3.91. The van der Waals surface area contributed by atoms with Crippen LogP contribution in [0.3, 0.4) is 0 Å². The largest absolute Gasteiger partial charge is 0.341 e. The zero-order valence-electron chi connectivity index (χ0n) is 12.0. The van der Waals surface area contributed by atoms with Crippen molar-refractivity contribution in [2.24, 2.45) is 5.92 Å². The highest BCUT2D eigenvalue weighted by atomic mass is 16.2. The van der Waals surface area contributed by atoms with Gasteiger partial charge in [0.2, 0.25) is 5.91 Å². The molecule has 2 aromatic heterocycles. The Hall–Kier alpha value is -2.24. The summed E-state index contributed by atoms with van der Waals surface area (Å²) in [5.41, 5.74) is 0.198. The molecule has 0 N–H and O–H groups in total. The summed E-state index contributed by atoms with van der Waals surface area (Å²) < 4.78 is 1.37. The highest BCUT2D eigenvalue weighted by Gasteiger charge is 2.21. The topological polar surface area (TPSA) is 68.1 Å². The van der Waals surface area contributed by atoms with Gasteiger partial charge in [0, 0.05) is 19.3 Å². The number of carbonyl (C=O) groups is 1. The lowest BCUT2D eigenvalue weighted by Crippen LogP contribution is -2.42. The molecule has 1 fully saturated rings. The molecule has 6 heteroatoms. The average molecular weight is 286 g/mol. The van der Waals surface area contributed by atoms with Crippen LogP contribution in [0.2, 0.25) is 0 Å². The number of aromatic nitrogens is 3. The van der Waals surface area contributed by atoms with Crippen molar-refractivity contribution < 1.29 is 4.79 Å². The van der Waals surface area contributed by atoms with Gasteiger partial charge in [0.1, 0.15) is 12.9 Å². The monoisotopic (exact) mass is 286 g/mol. The number of hydrogen-bond acceptors (Lipinski definition) is 4. The Bertz CT molecular complexity index is 725. The molecule has 0 spiro atoms. The number of likely N-dealkylation sites (tertiary alicyclic amines) is 1. The molecule has 110 valence electrons. The minimum atomic E-state index is -0.216. The van der Waals surface area contributed by atoms with E-state index in [4.69, 9.17) is 0 Å². The molecule has 1 aliphatic rings. The van der Waals surface area contributed by atoms with Gasteiger partial charge in [-0.3, -0.25) is 14.2 Å². The molecule has 1 aliphatic heterocycles. The van der Waals surface area contributed by atoms with Crippen LogP contribution in [-0.4, -0.2) is 38.4 Å². The van der Waals surface area contributed by atoms with Crippen LogP contribution in [0.15, 0.2) is 29.5 Å². The molecule has 0 aliphatic carbocycles. The van der Waals surface area contributed by atoms with E-state index in [0.717, 1.165) is 25.9 Å². The third-order valence-electron chi connectivity index (χ3n) is 3.91. The predicted molar refractivity (Wildman–Crippen MR) is 78.8 cm³/mol. The molecule has 0 bridgehead atoms. The predicted octanol–water partition coefficient (Wildman–Crippen LogP) is 1.05. The van der Waals surface area contributed by atoms with E-state index < -0.39 is 0 Å². The SMILES string of the molecule is CC1CCCN(C(=O)Cn2cnc3ncccc3c2=O)C1. The molecule has 0 radical (unpaired) electrons. The molecule has 6 nitrogen and oxygen atoms in total. The number of carbonyl (C=O) groups excluding carboxylic acids is 1. The maximum atomic E-state index is 12.3. The fourth-order valence-electron chi connectivity index (χ4n) is 2.77. The number of fused-ring (bicyclic) bond motifs is 1. The van der Waals surface area contributed by atoms with Gasteiger partial charge >= 0.3 is 0 Å². The minimum Gasteiger partial charge on any atom is -0.341 e. The summed E-state index contributed by atoms with van der Waals surface area (Å²) in [6.45, 7) is 3.74. The number of rotatable bonds is 2. The van der Waals surface area contributed by atoms with Crippen molar-refractivity contribution in [1.29, 1.82) is 0 Å². The Morgan fingerprint density at radius 2 is 2.29 bits per heavy atom. The molecule has 0 saturated carbocycles. The van der Waals surface area contributed by atoms with Crippen LogP contribution in [-0.2, 0) is 11.3 Å². The van der Waals surface area contributed by atoms with Gasteiger partial charge in [0.05, 0.1) is 5.39 Å². The van der Waals surface area contributed by atoms with Crippen LogP contribution in [0, 0.1) is 5.92 Å². The number of amides is 1. The zero-order valence-corrected chi connectivity index (χ0v) is 12.0. The third kappa shape index (κ3) is 2.79. The van der Waals surface area contributed by atoms with E-state index in [1.165, 1.54) is 10.9 Å². The van der Waals surface area contributed by atoms with E-state index in [1.807, 2.05) is 4.90 Å². The van der Waals surface area contributed by atoms with Gasteiger partial charge in [-0.05, 0) is 30.9 Å². The first-order valence-electron chi connectivity index (χ1n) is 7.23. The Morgan fingerprint density at radius 1 is 1.43 bits per heavy atom. The summed E-state index contributed by atoms with van der Waals surface area (Å²) in [7, 11) is 0. The lowest BCUT2D eigenvalue weighted by Gasteiger charge is -2.31. The molecule has 21 heavy (non-hydrogen) atoms. The van der Waals surface area contributed by atoms with Crippen molar-refractivity contribution in [1.82, 2.24) is 19.4 Å². The molecule has 3 heterocycles. The van der Waals surface area contributed by atoms with Gasteiger partial charge in [-0.15, -0.1) is 0 Å².